The summed E-state index contributed by atoms with van der Waals surface area (Å²) < 4.78 is 0. The summed E-state index contributed by atoms with van der Waals surface area (Å²) >= 11 is 0. The molecule has 4 aliphatic carbocycles. The molecular formula is C23H40O. The predicted octanol–water partition coefficient (Wildman–Crippen LogP) is 6.05. The van der Waals surface area contributed by atoms with Gasteiger partial charge >= 0.3 is 0 Å². The molecule has 0 heterocycles. The van der Waals surface area contributed by atoms with Crippen LogP contribution in [0, 0.1) is 45.8 Å². The van der Waals surface area contributed by atoms with Gasteiger partial charge in [-0.05, 0) is 104 Å². The second-order valence-electron chi connectivity index (χ2n) is 11.2. The Morgan fingerprint density at radius 1 is 0.833 bits per heavy atom. The molecule has 1 N–H and O–H groups in total. The molecule has 4 aliphatic rings. The van der Waals surface area contributed by atoms with Gasteiger partial charge in [-0.1, -0.05) is 34.6 Å². The molecule has 4 rings (SSSR count). The van der Waals surface area contributed by atoms with Crippen LogP contribution in [0.3, 0.4) is 0 Å². The van der Waals surface area contributed by atoms with Crippen LogP contribution in [0.25, 0.3) is 0 Å². The van der Waals surface area contributed by atoms with Gasteiger partial charge in [0.05, 0.1) is 6.10 Å². The summed E-state index contributed by atoms with van der Waals surface area (Å²) in [5, 5.41) is 10.2. The fraction of sp³-hybridized carbons (Fsp3) is 1.00. The van der Waals surface area contributed by atoms with Crippen molar-refractivity contribution in [1.82, 2.24) is 0 Å². The Kier molecular flexibility index (Phi) is 3.97. The molecule has 5 unspecified atom stereocenters. The van der Waals surface area contributed by atoms with Gasteiger partial charge in [0.25, 0.3) is 0 Å². The molecule has 0 aliphatic heterocycles. The van der Waals surface area contributed by atoms with Crippen molar-refractivity contribution >= 4 is 0 Å². The minimum atomic E-state index is -0.0100. The summed E-state index contributed by atoms with van der Waals surface area (Å²) in [5.41, 5.74) is 1.64. The molecule has 138 valence electrons. The summed E-state index contributed by atoms with van der Waals surface area (Å²) in [5.74, 6) is 4.48. The molecule has 0 aromatic carbocycles. The van der Waals surface area contributed by atoms with E-state index < -0.39 is 0 Å². The first-order chi connectivity index (χ1) is 11.2. The van der Waals surface area contributed by atoms with Crippen LogP contribution < -0.4 is 0 Å². The van der Waals surface area contributed by atoms with Gasteiger partial charge < -0.3 is 5.11 Å². The van der Waals surface area contributed by atoms with E-state index in [2.05, 4.69) is 34.6 Å². The lowest BCUT2D eigenvalue weighted by molar-refractivity contribution is -0.141. The maximum absolute atomic E-state index is 10.2. The topological polar surface area (TPSA) is 20.2 Å². The Bertz CT molecular complexity index is 498. The van der Waals surface area contributed by atoms with Gasteiger partial charge in [0, 0.05) is 0 Å². The zero-order valence-electron chi connectivity index (χ0n) is 16.8. The standard InChI is InChI=1S/C23H40O/c1-15(2)22(4)12-10-20-18-7-6-16-14-17(24)8-11-21(16,3)19(18)9-13-23(20,22)5/h15-20,24H,6-14H2,1-5H3/t16?,17-,18?,19?,20?,21-,22?,23-/m0/s1. The molecule has 0 saturated heterocycles. The first kappa shape index (κ1) is 17.4. The summed E-state index contributed by atoms with van der Waals surface area (Å²) in [4.78, 5) is 0. The van der Waals surface area contributed by atoms with Crippen molar-refractivity contribution in [2.45, 2.75) is 98.5 Å². The van der Waals surface area contributed by atoms with Crippen LogP contribution in [0.1, 0.15) is 92.4 Å². The highest BCUT2D eigenvalue weighted by Crippen LogP contribution is 2.71. The van der Waals surface area contributed by atoms with Crippen LogP contribution in [-0.4, -0.2) is 11.2 Å². The lowest BCUT2D eigenvalue weighted by Gasteiger charge is -2.62. The van der Waals surface area contributed by atoms with Gasteiger partial charge in [-0.25, -0.2) is 0 Å². The van der Waals surface area contributed by atoms with Crippen molar-refractivity contribution in [2.75, 3.05) is 0 Å². The van der Waals surface area contributed by atoms with Crippen molar-refractivity contribution in [3.8, 4) is 0 Å². The van der Waals surface area contributed by atoms with E-state index in [9.17, 15) is 5.11 Å². The average Bonchev–Trinajstić information content (AvgIpc) is 2.81. The van der Waals surface area contributed by atoms with E-state index in [0.29, 0.717) is 16.2 Å². The average molecular weight is 333 g/mol. The molecule has 0 aromatic rings. The van der Waals surface area contributed by atoms with Crippen molar-refractivity contribution in [2.24, 2.45) is 45.8 Å². The molecule has 0 amide bonds. The van der Waals surface area contributed by atoms with Crippen LogP contribution in [0.2, 0.25) is 0 Å². The monoisotopic (exact) mass is 332 g/mol. The van der Waals surface area contributed by atoms with Crippen LogP contribution >= 0.6 is 0 Å². The molecule has 24 heavy (non-hydrogen) atoms. The normalized spacial score (nSPS) is 57.4. The van der Waals surface area contributed by atoms with Crippen molar-refractivity contribution in [3.05, 3.63) is 0 Å². The number of hydrogen-bond acceptors (Lipinski definition) is 1. The Hall–Kier alpha value is -0.0400. The zero-order valence-corrected chi connectivity index (χ0v) is 16.8. The number of fused-ring (bicyclic) bond motifs is 5. The maximum atomic E-state index is 10.2. The highest BCUT2D eigenvalue weighted by atomic mass is 16.3. The molecule has 0 aromatic heterocycles. The van der Waals surface area contributed by atoms with E-state index in [1.165, 1.54) is 44.9 Å². The largest absolute Gasteiger partial charge is 0.393 e. The van der Waals surface area contributed by atoms with E-state index in [1.54, 1.807) is 0 Å². The third kappa shape index (κ3) is 2.09. The number of aliphatic hydroxyl groups excluding tert-OH is 1. The van der Waals surface area contributed by atoms with E-state index in [-0.39, 0.29) is 6.10 Å². The summed E-state index contributed by atoms with van der Waals surface area (Å²) in [6.45, 7) is 12.8. The Balaban J connectivity index is 1.63. The fourth-order valence-electron chi connectivity index (χ4n) is 8.49. The zero-order chi connectivity index (χ0) is 17.3. The predicted molar refractivity (Wildman–Crippen MR) is 101 cm³/mol. The first-order valence-electron chi connectivity index (χ1n) is 10.9. The maximum Gasteiger partial charge on any atom is 0.0543 e. The van der Waals surface area contributed by atoms with Gasteiger partial charge in [0.15, 0.2) is 0 Å². The van der Waals surface area contributed by atoms with Crippen molar-refractivity contribution in [3.63, 3.8) is 0 Å². The minimum Gasteiger partial charge on any atom is -0.393 e. The van der Waals surface area contributed by atoms with Crippen molar-refractivity contribution < 1.29 is 5.11 Å². The molecule has 1 heteroatoms. The highest BCUT2D eigenvalue weighted by Gasteiger charge is 2.63. The van der Waals surface area contributed by atoms with Crippen molar-refractivity contribution in [1.29, 1.82) is 0 Å². The van der Waals surface area contributed by atoms with Gasteiger partial charge in [0.2, 0.25) is 0 Å². The lowest BCUT2D eigenvalue weighted by atomic mass is 9.43. The molecule has 4 saturated carbocycles. The third-order valence-corrected chi connectivity index (χ3v) is 10.6. The smallest absolute Gasteiger partial charge is 0.0543 e. The van der Waals surface area contributed by atoms with E-state index in [1.807, 2.05) is 0 Å². The number of aliphatic hydroxyl groups is 1. The van der Waals surface area contributed by atoms with Gasteiger partial charge in [-0.3, -0.25) is 0 Å². The second kappa shape index (κ2) is 5.48. The van der Waals surface area contributed by atoms with Gasteiger partial charge in [0.1, 0.15) is 0 Å². The van der Waals surface area contributed by atoms with Crippen LogP contribution in [0.15, 0.2) is 0 Å². The van der Waals surface area contributed by atoms with Crippen LogP contribution in [-0.2, 0) is 0 Å². The summed E-state index contributed by atoms with van der Waals surface area (Å²) in [6.07, 6.45) is 12.1. The molecule has 8 atom stereocenters. The fourth-order valence-corrected chi connectivity index (χ4v) is 8.49. The van der Waals surface area contributed by atoms with Gasteiger partial charge in [-0.15, -0.1) is 0 Å². The second-order valence-corrected chi connectivity index (χ2v) is 11.2. The Morgan fingerprint density at radius 2 is 1.54 bits per heavy atom. The Labute approximate surface area is 150 Å². The highest BCUT2D eigenvalue weighted by molar-refractivity contribution is 5.12. The summed E-state index contributed by atoms with van der Waals surface area (Å²) in [6, 6.07) is 0. The number of hydrogen-bond donors (Lipinski definition) is 1. The van der Waals surface area contributed by atoms with Gasteiger partial charge in [-0.2, -0.15) is 0 Å². The number of rotatable bonds is 1. The van der Waals surface area contributed by atoms with E-state index >= 15 is 0 Å². The minimum absolute atomic E-state index is 0.0100. The summed E-state index contributed by atoms with van der Waals surface area (Å²) in [7, 11) is 0. The molecule has 0 radical (unpaired) electrons. The SMILES string of the molecule is CC(C)C1(C)CCC2C3CCC4C[C@@H](O)CC[C@]4(C)C3CC[C@@]21C. The van der Waals surface area contributed by atoms with Crippen LogP contribution in [0.5, 0.6) is 0 Å². The van der Waals surface area contributed by atoms with Crippen LogP contribution in [0.4, 0.5) is 0 Å². The lowest BCUT2D eigenvalue weighted by Crippen LogP contribution is -2.55. The van der Waals surface area contributed by atoms with E-state index in [4.69, 9.17) is 0 Å². The third-order valence-electron chi connectivity index (χ3n) is 10.6. The Morgan fingerprint density at radius 3 is 2.25 bits per heavy atom. The molecule has 4 fully saturated rings. The quantitative estimate of drug-likeness (QED) is 0.619. The van der Waals surface area contributed by atoms with E-state index in [0.717, 1.165) is 42.4 Å². The molecule has 0 spiro atoms. The molecule has 0 bridgehead atoms. The first-order valence-corrected chi connectivity index (χ1v) is 10.9. The molecule has 1 nitrogen and oxygen atoms in total. The molecular weight excluding hydrogens is 292 g/mol.